The molecule has 2 aromatic rings. The molecule has 1 amide bonds. The highest BCUT2D eigenvalue weighted by Gasteiger charge is 2.12. The van der Waals surface area contributed by atoms with Gasteiger partial charge in [-0.3, -0.25) is 4.79 Å². The van der Waals surface area contributed by atoms with Crippen LogP contribution in [0.3, 0.4) is 0 Å². The molecular weight excluding hydrogens is 272 g/mol. The van der Waals surface area contributed by atoms with Crippen LogP contribution in [0.25, 0.3) is 0 Å². The third-order valence-electron chi connectivity index (χ3n) is 2.66. The standard InChI is InChI=1S/C15H14N2O4/c1-2-21-15(20)10-5-7-11(8-6-10)17-14(19)13-12(18)4-3-9-16-13/h3-9,18H,2H2,1H3,(H,17,19). The molecule has 1 aromatic carbocycles. The summed E-state index contributed by atoms with van der Waals surface area (Å²) in [6.07, 6.45) is 1.42. The average Bonchev–Trinajstić information content (AvgIpc) is 2.48. The Bertz CT molecular complexity index is 653. The average molecular weight is 286 g/mol. The van der Waals surface area contributed by atoms with Gasteiger partial charge in [-0.1, -0.05) is 0 Å². The van der Waals surface area contributed by atoms with Crippen LogP contribution in [0, 0.1) is 0 Å². The molecule has 0 fully saturated rings. The Morgan fingerprint density at radius 3 is 2.57 bits per heavy atom. The summed E-state index contributed by atoms with van der Waals surface area (Å²) in [7, 11) is 0. The molecule has 21 heavy (non-hydrogen) atoms. The summed E-state index contributed by atoms with van der Waals surface area (Å²) >= 11 is 0. The first-order valence-corrected chi connectivity index (χ1v) is 6.34. The van der Waals surface area contributed by atoms with Crippen molar-refractivity contribution in [2.45, 2.75) is 6.92 Å². The Balaban J connectivity index is 2.09. The fourth-order valence-electron chi connectivity index (χ4n) is 1.67. The predicted molar refractivity (Wildman–Crippen MR) is 76.3 cm³/mol. The predicted octanol–water partition coefficient (Wildman–Crippen LogP) is 2.22. The van der Waals surface area contributed by atoms with Crippen LogP contribution in [-0.4, -0.2) is 28.6 Å². The smallest absolute Gasteiger partial charge is 0.338 e. The second-order valence-electron chi connectivity index (χ2n) is 4.12. The van der Waals surface area contributed by atoms with Gasteiger partial charge < -0.3 is 15.2 Å². The zero-order valence-corrected chi connectivity index (χ0v) is 11.4. The number of nitrogens with zero attached hydrogens (tertiary/aromatic N) is 1. The third-order valence-corrected chi connectivity index (χ3v) is 2.66. The molecule has 0 bridgehead atoms. The van der Waals surface area contributed by atoms with Gasteiger partial charge in [0.25, 0.3) is 5.91 Å². The number of nitrogens with one attached hydrogen (secondary N) is 1. The monoisotopic (exact) mass is 286 g/mol. The summed E-state index contributed by atoms with van der Waals surface area (Å²) in [4.78, 5) is 27.2. The van der Waals surface area contributed by atoms with Gasteiger partial charge in [0, 0.05) is 11.9 Å². The van der Waals surface area contributed by atoms with E-state index in [-0.39, 0.29) is 11.4 Å². The maximum atomic E-state index is 11.9. The van der Waals surface area contributed by atoms with Crippen molar-refractivity contribution in [1.82, 2.24) is 4.98 Å². The van der Waals surface area contributed by atoms with Crippen molar-refractivity contribution < 1.29 is 19.4 Å². The molecule has 0 saturated heterocycles. The van der Waals surface area contributed by atoms with Gasteiger partial charge in [-0.05, 0) is 43.3 Å². The first-order chi connectivity index (χ1) is 10.1. The highest BCUT2D eigenvalue weighted by atomic mass is 16.5. The second kappa shape index (κ2) is 6.51. The number of benzene rings is 1. The number of aromatic nitrogens is 1. The van der Waals surface area contributed by atoms with Gasteiger partial charge in [-0.15, -0.1) is 0 Å². The number of carbonyl (C=O) groups is 2. The molecule has 2 N–H and O–H groups in total. The number of amides is 1. The Kier molecular flexibility index (Phi) is 4.50. The maximum Gasteiger partial charge on any atom is 0.338 e. The minimum absolute atomic E-state index is 0.0630. The second-order valence-corrected chi connectivity index (χ2v) is 4.12. The molecule has 0 radical (unpaired) electrons. The lowest BCUT2D eigenvalue weighted by Crippen LogP contribution is -2.14. The first-order valence-electron chi connectivity index (χ1n) is 6.34. The van der Waals surface area contributed by atoms with Crippen LogP contribution in [0.4, 0.5) is 5.69 Å². The van der Waals surface area contributed by atoms with E-state index in [4.69, 9.17) is 4.74 Å². The fourth-order valence-corrected chi connectivity index (χ4v) is 1.67. The Hall–Kier alpha value is -2.89. The zero-order chi connectivity index (χ0) is 15.2. The number of rotatable bonds is 4. The van der Waals surface area contributed by atoms with E-state index in [1.165, 1.54) is 18.3 Å². The van der Waals surface area contributed by atoms with Gasteiger partial charge in [-0.25, -0.2) is 9.78 Å². The van der Waals surface area contributed by atoms with E-state index in [1.54, 1.807) is 31.2 Å². The SMILES string of the molecule is CCOC(=O)c1ccc(NC(=O)c2ncccc2O)cc1. The summed E-state index contributed by atoms with van der Waals surface area (Å²) < 4.78 is 4.86. The van der Waals surface area contributed by atoms with E-state index < -0.39 is 11.9 Å². The summed E-state index contributed by atoms with van der Waals surface area (Å²) in [5.41, 5.74) is 0.820. The fraction of sp³-hybridized carbons (Fsp3) is 0.133. The minimum Gasteiger partial charge on any atom is -0.505 e. The molecule has 1 aromatic heterocycles. The number of carbonyl (C=O) groups excluding carboxylic acids is 2. The molecule has 0 atom stereocenters. The van der Waals surface area contributed by atoms with E-state index in [0.29, 0.717) is 17.9 Å². The van der Waals surface area contributed by atoms with Crippen LogP contribution in [0.1, 0.15) is 27.8 Å². The summed E-state index contributed by atoms with van der Waals surface area (Å²) in [5, 5.41) is 12.1. The summed E-state index contributed by atoms with van der Waals surface area (Å²) in [6.45, 7) is 2.03. The van der Waals surface area contributed by atoms with Crippen molar-refractivity contribution in [3.63, 3.8) is 0 Å². The third kappa shape index (κ3) is 3.56. The van der Waals surface area contributed by atoms with Crippen LogP contribution in [0.2, 0.25) is 0 Å². The number of esters is 1. The van der Waals surface area contributed by atoms with Crippen molar-refractivity contribution in [1.29, 1.82) is 0 Å². The molecule has 0 aliphatic rings. The van der Waals surface area contributed by atoms with Crippen LogP contribution in [0.15, 0.2) is 42.6 Å². The largest absolute Gasteiger partial charge is 0.505 e. The van der Waals surface area contributed by atoms with E-state index in [0.717, 1.165) is 0 Å². The van der Waals surface area contributed by atoms with Crippen LogP contribution < -0.4 is 5.32 Å². The van der Waals surface area contributed by atoms with Crippen molar-refractivity contribution in [3.8, 4) is 5.75 Å². The number of ether oxygens (including phenoxy) is 1. The molecule has 0 spiro atoms. The Morgan fingerprint density at radius 2 is 1.95 bits per heavy atom. The first kappa shape index (κ1) is 14.5. The summed E-state index contributed by atoms with van der Waals surface area (Å²) in [5.74, 6) is -1.15. The molecular formula is C15H14N2O4. The minimum atomic E-state index is -0.531. The molecule has 2 rings (SSSR count). The van der Waals surface area contributed by atoms with Gasteiger partial charge in [0.05, 0.1) is 12.2 Å². The van der Waals surface area contributed by atoms with Gasteiger partial charge in [0.2, 0.25) is 0 Å². The lowest BCUT2D eigenvalue weighted by molar-refractivity contribution is 0.0526. The normalized spacial score (nSPS) is 9.95. The highest BCUT2D eigenvalue weighted by Crippen LogP contribution is 2.16. The number of anilines is 1. The van der Waals surface area contributed by atoms with Crippen molar-refractivity contribution >= 4 is 17.6 Å². The molecule has 0 saturated carbocycles. The lowest BCUT2D eigenvalue weighted by atomic mass is 10.2. The lowest BCUT2D eigenvalue weighted by Gasteiger charge is -2.07. The molecule has 6 heteroatoms. The molecule has 0 aliphatic carbocycles. The quantitative estimate of drug-likeness (QED) is 0.841. The van der Waals surface area contributed by atoms with Crippen molar-refractivity contribution in [2.75, 3.05) is 11.9 Å². The molecule has 0 unspecified atom stereocenters. The van der Waals surface area contributed by atoms with E-state index in [9.17, 15) is 14.7 Å². The van der Waals surface area contributed by atoms with E-state index >= 15 is 0 Å². The molecule has 6 nitrogen and oxygen atoms in total. The van der Waals surface area contributed by atoms with Gasteiger partial charge in [-0.2, -0.15) is 0 Å². The zero-order valence-electron chi connectivity index (χ0n) is 11.4. The summed E-state index contributed by atoms with van der Waals surface area (Å²) in [6, 6.07) is 9.15. The van der Waals surface area contributed by atoms with Gasteiger partial charge in [0.1, 0.15) is 5.75 Å². The van der Waals surface area contributed by atoms with Gasteiger partial charge in [0.15, 0.2) is 5.69 Å². The van der Waals surface area contributed by atoms with E-state index in [1.807, 2.05) is 0 Å². The Morgan fingerprint density at radius 1 is 1.24 bits per heavy atom. The van der Waals surface area contributed by atoms with Crippen LogP contribution in [-0.2, 0) is 4.74 Å². The molecule has 108 valence electrons. The van der Waals surface area contributed by atoms with Crippen LogP contribution >= 0.6 is 0 Å². The molecule has 1 heterocycles. The van der Waals surface area contributed by atoms with Gasteiger partial charge >= 0.3 is 5.97 Å². The molecule has 0 aliphatic heterocycles. The highest BCUT2D eigenvalue weighted by molar-refractivity contribution is 6.04. The number of hydrogen-bond acceptors (Lipinski definition) is 5. The maximum absolute atomic E-state index is 11.9. The Labute approximate surface area is 121 Å². The topological polar surface area (TPSA) is 88.5 Å². The number of aromatic hydroxyl groups is 1. The van der Waals surface area contributed by atoms with Crippen LogP contribution in [0.5, 0.6) is 5.75 Å². The van der Waals surface area contributed by atoms with Crippen molar-refractivity contribution in [3.05, 3.63) is 53.9 Å². The number of hydrogen-bond donors (Lipinski definition) is 2. The number of pyridine rings is 1. The van der Waals surface area contributed by atoms with E-state index in [2.05, 4.69) is 10.3 Å². The van der Waals surface area contributed by atoms with Crippen molar-refractivity contribution in [2.24, 2.45) is 0 Å².